The van der Waals surface area contributed by atoms with Gasteiger partial charge < -0.3 is 15.0 Å². The first kappa shape index (κ1) is 24.2. The van der Waals surface area contributed by atoms with E-state index in [0.717, 1.165) is 69.5 Å². The molecule has 0 bridgehead atoms. The molecule has 1 aromatic heterocycles. The maximum Gasteiger partial charge on any atom is 0.415 e. The van der Waals surface area contributed by atoms with Gasteiger partial charge in [0.15, 0.2) is 0 Å². The molecular weight excluding hydrogens is 428 g/mol. The second kappa shape index (κ2) is 12.0. The van der Waals surface area contributed by atoms with Gasteiger partial charge >= 0.3 is 6.09 Å². The van der Waals surface area contributed by atoms with E-state index in [1.165, 1.54) is 12.0 Å². The Bertz CT molecular complexity index is 931. The molecule has 1 N–H and O–H groups in total. The van der Waals surface area contributed by atoms with E-state index >= 15 is 0 Å². The quantitative estimate of drug-likeness (QED) is 0.645. The molecule has 0 atom stereocenters. The highest BCUT2D eigenvalue weighted by Gasteiger charge is 2.23. The average Bonchev–Trinajstić information content (AvgIpc) is 2.87. The smallest absolute Gasteiger partial charge is 0.410 e. The van der Waals surface area contributed by atoms with E-state index in [2.05, 4.69) is 34.3 Å². The Morgan fingerprint density at radius 3 is 2.41 bits per heavy atom. The lowest BCUT2D eigenvalue weighted by molar-refractivity contribution is -0.120. The number of benzene rings is 1. The number of nitrogens with zero attached hydrogens (tertiary/aromatic N) is 3. The van der Waals surface area contributed by atoms with Crippen molar-refractivity contribution in [2.75, 3.05) is 38.0 Å². The van der Waals surface area contributed by atoms with E-state index in [4.69, 9.17) is 4.74 Å². The highest BCUT2D eigenvalue weighted by molar-refractivity contribution is 5.92. The first-order valence-corrected chi connectivity index (χ1v) is 12.6. The predicted octanol–water partition coefficient (Wildman–Crippen LogP) is 4.66. The molecule has 4 rings (SSSR count). The third kappa shape index (κ3) is 7.03. The molecule has 1 aromatic carbocycles. The first-order chi connectivity index (χ1) is 16.6. The molecule has 2 amide bonds. The van der Waals surface area contributed by atoms with E-state index in [0.29, 0.717) is 18.8 Å². The van der Waals surface area contributed by atoms with Gasteiger partial charge in [0.2, 0.25) is 5.91 Å². The largest absolute Gasteiger partial charge is 0.415 e. The molecule has 0 spiro atoms. The number of anilines is 1. The van der Waals surface area contributed by atoms with E-state index in [-0.39, 0.29) is 17.9 Å². The van der Waals surface area contributed by atoms with E-state index in [9.17, 15) is 9.59 Å². The molecule has 2 aliphatic rings. The van der Waals surface area contributed by atoms with Crippen molar-refractivity contribution >= 4 is 17.7 Å². The summed E-state index contributed by atoms with van der Waals surface area (Å²) < 4.78 is 5.56. The summed E-state index contributed by atoms with van der Waals surface area (Å²) in [7, 11) is 0. The number of pyridine rings is 1. The number of aromatic nitrogens is 1. The monoisotopic (exact) mass is 464 g/mol. The second-order valence-electron chi connectivity index (χ2n) is 9.48. The van der Waals surface area contributed by atoms with Crippen LogP contribution in [0, 0.1) is 12.8 Å². The number of hydrogen-bond acceptors (Lipinski definition) is 5. The van der Waals surface area contributed by atoms with Crippen LogP contribution in [0.3, 0.4) is 0 Å². The van der Waals surface area contributed by atoms with Crippen molar-refractivity contribution < 1.29 is 14.3 Å². The Morgan fingerprint density at radius 2 is 1.74 bits per heavy atom. The van der Waals surface area contributed by atoms with Crippen molar-refractivity contribution in [1.29, 1.82) is 0 Å². The van der Waals surface area contributed by atoms with Crippen molar-refractivity contribution in [1.82, 2.24) is 14.8 Å². The van der Waals surface area contributed by atoms with Gasteiger partial charge in [0.25, 0.3) is 0 Å². The van der Waals surface area contributed by atoms with Gasteiger partial charge in [-0.25, -0.2) is 4.79 Å². The topological polar surface area (TPSA) is 74.8 Å². The number of rotatable bonds is 7. The second-order valence-corrected chi connectivity index (χ2v) is 9.48. The number of piperazine rings is 1. The number of nitrogens with one attached hydrogen (secondary N) is 1. The highest BCUT2D eigenvalue weighted by atomic mass is 16.6. The number of hydrogen-bond donors (Lipinski definition) is 1. The van der Waals surface area contributed by atoms with Crippen molar-refractivity contribution in [2.24, 2.45) is 5.92 Å². The van der Waals surface area contributed by atoms with E-state index in [1.54, 1.807) is 29.2 Å². The molecule has 0 unspecified atom stereocenters. The molecule has 182 valence electrons. The third-order valence-corrected chi connectivity index (χ3v) is 6.81. The Labute approximate surface area is 202 Å². The van der Waals surface area contributed by atoms with Crippen LogP contribution in [0.5, 0.6) is 5.75 Å². The normalized spacial score (nSPS) is 17.4. The first-order valence-electron chi connectivity index (χ1n) is 12.6. The highest BCUT2D eigenvalue weighted by Crippen LogP contribution is 2.25. The van der Waals surface area contributed by atoms with Crippen LogP contribution in [-0.4, -0.2) is 59.5 Å². The summed E-state index contributed by atoms with van der Waals surface area (Å²) in [5, 5.41) is 2.99. The molecule has 7 heteroatoms. The molecule has 1 aliphatic heterocycles. The van der Waals surface area contributed by atoms with Gasteiger partial charge in [0, 0.05) is 49.7 Å². The van der Waals surface area contributed by atoms with Crippen molar-refractivity contribution in [3.63, 3.8) is 0 Å². The van der Waals surface area contributed by atoms with Crippen LogP contribution >= 0.6 is 0 Å². The molecular formula is C27H36N4O3. The van der Waals surface area contributed by atoms with Crippen molar-refractivity contribution in [2.45, 2.75) is 51.9 Å². The van der Waals surface area contributed by atoms with Crippen LogP contribution < -0.4 is 10.1 Å². The Hall–Kier alpha value is -2.93. The van der Waals surface area contributed by atoms with Gasteiger partial charge in [-0.2, -0.15) is 0 Å². The summed E-state index contributed by atoms with van der Waals surface area (Å²) in [6, 6.07) is 11.3. The Kier molecular flexibility index (Phi) is 8.52. The minimum Gasteiger partial charge on any atom is -0.410 e. The molecule has 0 radical (unpaired) electrons. The summed E-state index contributed by atoms with van der Waals surface area (Å²) in [6.07, 6.45) is 9.06. The molecule has 7 nitrogen and oxygen atoms in total. The van der Waals surface area contributed by atoms with Gasteiger partial charge in [-0.05, 0) is 75.0 Å². The van der Waals surface area contributed by atoms with Crippen LogP contribution in [0.2, 0.25) is 0 Å². The number of ether oxygens (including phenoxy) is 1. The molecule has 2 heterocycles. The van der Waals surface area contributed by atoms with Crippen LogP contribution in [0.15, 0.2) is 42.6 Å². The molecule has 1 aliphatic carbocycles. The lowest BCUT2D eigenvalue weighted by atomic mass is 9.88. The number of aryl methyl sites for hydroxylation is 2. The van der Waals surface area contributed by atoms with Crippen molar-refractivity contribution in [3.8, 4) is 5.75 Å². The van der Waals surface area contributed by atoms with Crippen LogP contribution in [0.1, 0.15) is 49.8 Å². The molecule has 2 fully saturated rings. The predicted molar refractivity (Wildman–Crippen MR) is 133 cm³/mol. The van der Waals surface area contributed by atoms with Gasteiger partial charge in [-0.1, -0.05) is 25.3 Å². The lowest BCUT2D eigenvalue weighted by Gasteiger charge is -2.34. The maximum absolute atomic E-state index is 12.6. The number of amides is 2. The fraction of sp³-hybridized carbons (Fsp3) is 0.519. The van der Waals surface area contributed by atoms with Crippen LogP contribution in [0.4, 0.5) is 10.5 Å². The van der Waals surface area contributed by atoms with Gasteiger partial charge in [0.1, 0.15) is 5.75 Å². The summed E-state index contributed by atoms with van der Waals surface area (Å²) in [6.45, 7) is 6.08. The zero-order chi connectivity index (χ0) is 23.8. The van der Waals surface area contributed by atoms with Gasteiger partial charge in [0.05, 0.1) is 0 Å². The standard InChI is InChI=1S/C27H36N4O3/c1-21-9-10-23(28-20-21)8-5-15-30-16-18-31(19-17-30)27(33)34-25-13-11-24(12-14-25)29-26(32)22-6-3-2-4-7-22/h9-14,20,22H,2-8,15-19H2,1H3,(H,29,32). The molecule has 1 saturated heterocycles. The van der Waals surface area contributed by atoms with Crippen LogP contribution in [0.25, 0.3) is 0 Å². The average molecular weight is 465 g/mol. The minimum absolute atomic E-state index is 0.0949. The molecule has 1 saturated carbocycles. The number of carbonyl (C=O) groups is 2. The Morgan fingerprint density at radius 1 is 1.00 bits per heavy atom. The minimum atomic E-state index is -0.317. The third-order valence-electron chi connectivity index (χ3n) is 6.81. The Balaban J connectivity index is 1.15. The fourth-order valence-electron chi connectivity index (χ4n) is 4.66. The fourth-order valence-corrected chi connectivity index (χ4v) is 4.66. The van der Waals surface area contributed by atoms with E-state index in [1.807, 2.05) is 6.20 Å². The maximum atomic E-state index is 12.6. The zero-order valence-corrected chi connectivity index (χ0v) is 20.2. The van der Waals surface area contributed by atoms with Gasteiger partial charge in [-0.3, -0.25) is 14.7 Å². The zero-order valence-electron chi connectivity index (χ0n) is 20.2. The van der Waals surface area contributed by atoms with Gasteiger partial charge in [-0.15, -0.1) is 0 Å². The summed E-state index contributed by atoms with van der Waals surface area (Å²) in [4.78, 5) is 33.6. The molecule has 2 aromatic rings. The summed E-state index contributed by atoms with van der Waals surface area (Å²) >= 11 is 0. The summed E-state index contributed by atoms with van der Waals surface area (Å²) in [5.41, 5.74) is 3.06. The SMILES string of the molecule is Cc1ccc(CCCN2CCN(C(=O)Oc3ccc(NC(=O)C4CCCCC4)cc3)CC2)nc1. The lowest BCUT2D eigenvalue weighted by Crippen LogP contribution is -2.49. The van der Waals surface area contributed by atoms with Crippen molar-refractivity contribution in [3.05, 3.63) is 53.9 Å². The summed E-state index contributed by atoms with van der Waals surface area (Å²) in [5.74, 6) is 0.704. The molecule has 34 heavy (non-hydrogen) atoms. The van der Waals surface area contributed by atoms with E-state index < -0.39 is 0 Å². The number of carbonyl (C=O) groups excluding carboxylic acids is 2. The van der Waals surface area contributed by atoms with Crippen LogP contribution in [-0.2, 0) is 11.2 Å².